The lowest BCUT2D eigenvalue weighted by Crippen LogP contribution is -2.50. The smallest absolute Gasteiger partial charge is 0.268 e. The molecule has 4 rings (SSSR count). The molecule has 2 aromatic rings. The molecule has 4 N–H and O–H groups in total. The first-order valence-corrected chi connectivity index (χ1v) is 10.7. The minimum absolute atomic E-state index is 0.0932. The van der Waals surface area contributed by atoms with Crippen LogP contribution in [0.15, 0.2) is 18.5 Å². The number of amides is 3. The first-order valence-electron chi connectivity index (χ1n) is 10.4. The topological polar surface area (TPSA) is 140 Å². The summed E-state index contributed by atoms with van der Waals surface area (Å²) in [4.78, 5) is 44.5. The van der Waals surface area contributed by atoms with Crippen molar-refractivity contribution in [3.05, 3.63) is 29.2 Å². The van der Waals surface area contributed by atoms with Crippen LogP contribution in [0.1, 0.15) is 42.6 Å². The van der Waals surface area contributed by atoms with Gasteiger partial charge in [0.2, 0.25) is 11.8 Å². The summed E-state index contributed by atoms with van der Waals surface area (Å²) < 4.78 is 0. The van der Waals surface area contributed by atoms with E-state index in [1.54, 1.807) is 12.3 Å². The zero-order valence-electron chi connectivity index (χ0n) is 16.8. The van der Waals surface area contributed by atoms with Crippen LogP contribution in [-0.2, 0) is 9.59 Å². The van der Waals surface area contributed by atoms with Gasteiger partial charge in [0.1, 0.15) is 17.8 Å². The van der Waals surface area contributed by atoms with E-state index >= 15 is 0 Å². The van der Waals surface area contributed by atoms with E-state index in [1.807, 2.05) is 0 Å². The zero-order valence-corrected chi connectivity index (χ0v) is 17.5. The molecule has 1 saturated heterocycles. The number of nitriles is 1. The van der Waals surface area contributed by atoms with Crippen molar-refractivity contribution in [1.29, 1.82) is 5.26 Å². The van der Waals surface area contributed by atoms with Gasteiger partial charge in [0.15, 0.2) is 0 Å². The molecule has 2 fully saturated rings. The molecule has 0 bridgehead atoms. The average molecular weight is 443 g/mol. The molecule has 2 aliphatic rings. The molecule has 31 heavy (non-hydrogen) atoms. The molecule has 10 heteroatoms. The number of pyridine rings is 1. The fourth-order valence-electron chi connectivity index (χ4n) is 3.86. The average Bonchev–Trinajstić information content (AvgIpc) is 3.30. The summed E-state index contributed by atoms with van der Waals surface area (Å²) in [7, 11) is 0. The Hall–Kier alpha value is -3.12. The highest BCUT2D eigenvalue weighted by molar-refractivity contribution is 6.35. The van der Waals surface area contributed by atoms with Gasteiger partial charge < -0.3 is 20.9 Å². The van der Waals surface area contributed by atoms with Gasteiger partial charge in [0, 0.05) is 24.0 Å². The summed E-state index contributed by atoms with van der Waals surface area (Å²) >= 11 is 6.12. The molecule has 1 aliphatic carbocycles. The van der Waals surface area contributed by atoms with Crippen molar-refractivity contribution in [2.24, 2.45) is 11.8 Å². The van der Waals surface area contributed by atoms with Crippen LogP contribution in [0.4, 0.5) is 0 Å². The van der Waals surface area contributed by atoms with E-state index in [0.717, 1.165) is 12.8 Å². The largest absolute Gasteiger partial charge is 0.356 e. The van der Waals surface area contributed by atoms with E-state index in [0.29, 0.717) is 41.2 Å². The predicted molar refractivity (Wildman–Crippen MR) is 113 cm³/mol. The second-order valence-electron chi connectivity index (χ2n) is 8.17. The number of fused-ring (bicyclic) bond motifs is 1. The standard InChI is InChI=1S/C21H23ClN6O3/c22-15-9-24-10-18-14(15)7-17(27-18)21(31)28-16(5-11-1-2-11)20(30)26-13(8-23)6-12-3-4-25-19(12)29/h7,9-13,16,27H,1-6H2,(H,25,29)(H,26,30)(H,28,31)/t12-,13-,16-/m0/s1. The number of carbonyl (C=O) groups is 3. The Morgan fingerprint density at radius 1 is 1.26 bits per heavy atom. The molecule has 3 amide bonds. The number of nitrogens with zero attached hydrogens (tertiary/aromatic N) is 2. The fourth-order valence-corrected chi connectivity index (χ4v) is 4.08. The van der Waals surface area contributed by atoms with Gasteiger partial charge in [0.05, 0.1) is 22.8 Å². The quantitative estimate of drug-likeness (QED) is 0.492. The third-order valence-corrected chi connectivity index (χ3v) is 6.09. The number of nitrogens with one attached hydrogen (secondary N) is 4. The molecule has 0 radical (unpaired) electrons. The Kier molecular flexibility index (Phi) is 6.09. The highest BCUT2D eigenvalue weighted by Crippen LogP contribution is 2.33. The van der Waals surface area contributed by atoms with Crippen LogP contribution in [0.2, 0.25) is 5.02 Å². The Labute approximate surface area is 183 Å². The van der Waals surface area contributed by atoms with E-state index in [4.69, 9.17) is 11.6 Å². The highest BCUT2D eigenvalue weighted by atomic mass is 35.5. The lowest BCUT2D eigenvalue weighted by Gasteiger charge is -2.21. The summed E-state index contributed by atoms with van der Waals surface area (Å²) in [5.41, 5.74) is 0.901. The lowest BCUT2D eigenvalue weighted by atomic mass is 9.98. The molecule has 1 aliphatic heterocycles. The SMILES string of the molecule is N#C[C@H](C[C@@H]1CCNC1=O)NC(=O)[C@H](CC1CC1)NC(=O)c1cc2c(Cl)cncc2[nH]1. The Morgan fingerprint density at radius 3 is 2.71 bits per heavy atom. The van der Waals surface area contributed by atoms with Crippen molar-refractivity contribution in [2.45, 2.75) is 44.2 Å². The second kappa shape index (κ2) is 8.94. The van der Waals surface area contributed by atoms with Gasteiger partial charge in [-0.25, -0.2) is 0 Å². The lowest BCUT2D eigenvalue weighted by molar-refractivity contribution is -0.125. The van der Waals surface area contributed by atoms with Crippen LogP contribution in [0, 0.1) is 23.2 Å². The number of hydrogen-bond acceptors (Lipinski definition) is 5. The maximum atomic E-state index is 12.9. The van der Waals surface area contributed by atoms with Gasteiger partial charge in [-0.1, -0.05) is 24.4 Å². The number of aromatic amines is 1. The van der Waals surface area contributed by atoms with E-state index in [2.05, 4.69) is 32.0 Å². The number of halogens is 1. The first kappa shape index (κ1) is 21.1. The van der Waals surface area contributed by atoms with Crippen molar-refractivity contribution in [2.75, 3.05) is 6.54 Å². The van der Waals surface area contributed by atoms with E-state index < -0.39 is 23.9 Å². The van der Waals surface area contributed by atoms with Crippen molar-refractivity contribution in [1.82, 2.24) is 25.9 Å². The third kappa shape index (κ3) is 4.97. The van der Waals surface area contributed by atoms with Gasteiger partial charge >= 0.3 is 0 Å². The maximum Gasteiger partial charge on any atom is 0.268 e. The van der Waals surface area contributed by atoms with Gasteiger partial charge in [-0.2, -0.15) is 5.26 Å². The van der Waals surface area contributed by atoms with Gasteiger partial charge in [-0.05, 0) is 31.2 Å². The van der Waals surface area contributed by atoms with Crippen LogP contribution in [-0.4, -0.2) is 46.3 Å². The van der Waals surface area contributed by atoms with Crippen molar-refractivity contribution < 1.29 is 14.4 Å². The van der Waals surface area contributed by atoms with Gasteiger partial charge in [-0.3, -0.25) is 19.4 Å². The van der Waals surface area contributed by atoms with Crippen molar-refractivity contribution >= 4 is 40.2 Å². The third-order valence-electron chi connectivity index (χ3n) is 5.78. The maximum absolute atomic E-state index is 12.9. The molecule has 9 nitrogen and oxygen atoms in total. The van der Waals surface area contributed by atoms with Crippen LogP contribution in [0.5, 0.6) is 0 Å². The monoisotopic (exact) mass is 442 g/mol. The molecular formula is C21H23ClN6O3. The zero-order chi connectivity index (χ0) is 22.0. The highest BCUT2D eigenvalue weighted by Gasteiger charge is 2.33. The molecule has 2 aromatic heterocycles. The summed E-state index contributed by atoms with van der Waals surface area (Å²) in [6.45, 7) is 0.583. The molecule has 0 unspecified atom stereocenters. The molecule has 0 spiro atoms. The molecular weight excluding hydrogens is 420 g/mol. The molecule has 162 valence electrons. The van der Waals surface area contributed by atoms with Crippen LogP contribution in [0.25, 0.3) is 10.9 Å². The minimum Gasteiger partial charge on any atom is -0.356 e. The molecule has 1 saturated carbocycles. The van der Waals surface area contributed by atoms with Crippen molar-refractivity contribution in [3.63, 3.8) is 0 Å². The summed E-state index contributed by atoms with van der Waals surface area (Å²) in [6.07, 6.45) is 6.49. The Bertz CT molecular complexity index is 1060. The van der Waals surface area contributed by atoms with E-state index in [1.165, 1.54) is 6.20 Å². The summed E-state index contributed by atoms with van der Waals surface area (Å²) in [5, 5.41) is 18.8. The Balaban J connectivity index is 1.43. The molecule has 3 heterocycles. The Morgan fingerprint density at radius 2 is 2.06 bits per heavy atom. The van der Waals surface area contributed by atoms with Crippen LogP contribution in [0.3, 0.4) is 0 Å². The normalized spacial score (nSPS) is 20.0. The van der Waals surface area contributed by atoms with Gasteiger partial charge in [-0.15, -0.1) is 0 Å². The fraction of sp³-hybridized carbons (Fsp3) is 0.476. The van der Waals surface area contributed by atoms with E-state index in [9.17, 15) is 19.6 Å². The van der Waals surface area contributed by atoms with Gasteiger partial charge in [0.25, 0.3) is 5.91 Å². The number of carbonyl (C=O) groups excluding carboxylic acids is 3. The molecule has 3 atom stereocenters. The first-order chi connectivity index (χ1) is 14.9. The number of aromatic nitrogens is 2. The van der Waals surface area contributed by atoms with Crippen LogP contribution >= 0.6 is 11.6 Å². The van der Waals surface area contributed by atoms with Crippen molar-refractivity contribution in [3.8, 4) is 6.07 Å². The van der Waals surface area contributed by atoms with Crippen LogP contribution < -0.4 is 16.0 Å². The van der Waals surface area contributed by atoms with E-state index in [-0.39, 0.29) is 23.9 Å². The molecule has 0 aromatic carbocycles. The minimum atomic E-state index is -0.794. The number of H-pyrrole nitrogens is 1. The number of rotatable bonds is 8. The summed E-state index contributed by atoms with van der Waals surface area (Å²) in [5.74, 6) is -0.855. The second-order valence-corrected chi connectivity index (χ2v) is 8.58. The summed E-state index contributed by atoms with van der Waals surface area (Å²) in [6, 6.07) is 2.12. The predicted octanol–water partition coefficient (Wildman–Crippen LogP) is 1.65. The number of hydrogen-bond donors (Lipinski definition) is 4.